The summed E-state index contributed by atoms with van der Waals surface area (Å²) in [5.74, 6) is 0.184. The molecule has 3 rings (SSSR count). The van der Waals surface area contributed by atoms with Gasteiger partial charge in [-0.25, -0.2) is 9.97 Å². The maximum absolute atomic E-state index is 12.8. The molecule has 0 aliphatic carbocycles. The van der Waals surface area contributed by atoms with Gasteiger partial charge >= 0.3 is 6.18 Å². The van der Waals surface area contributed by atoms with Crippen LogP contribution in [0, 0.1) is 13.8 Å². The second-order valence-corrected chi connectivity index (χ2v) is 6.55. The third-order valence-corrected chi connectivity index (χ3v) is 4.26. The minimum atomic E-state index is -4.47. The fourth-order valence-corrected chi connectivity index (χ4v) is 2.64. The Morgan fingerprint density at radius 3 is 2.45 bits per heavy atom. The SMILES string of the molecule is Cc1ncc(CNc2cc(C(=O)Nc3cccc(C(F)(F)F)c3)ccc2C)cn1. The van der Waals surface area contributed by atoms with E-state index in [4.69, 9.17) is 0 Å². The number of hydrogen-bond acceptors (Lipinski definition) is 4. The van der Waals surface area contributed by atoms with Crippen molar-refractivity contribution in [2.45, 2.75) is 26.6 Å². The van der Waals surface area contributed by atoms with E-state index in [1.54, 1.807) is 37.5 Å². The number of hydrogen-bond donors (Lipinski definition) is 2. The number of rotatable bonds is 5. The van der Waals surface area contributed by atoms with Crippen molar-refractivity contribution in [1.29, 1.82) is 0 Å². The lowest BCUT2D eigenvalue weighted by Crippen LogP contribution is -2.14. The molecular weight excluding hydrogens is 381 g/mol. The number of aryl methyl sites for hydroxylation is 2. The Morgan fingerprint density at radius 1 is 1.03 bits per heavy atom. The fourth-order valence-electron chi connectivity index (χ4n) is 2.64. The van der Waals surface area contributed by atoms with Crippen LogP contribution in [0.3, 0.4) is 0 Å². The molecule has 0 saturated carbocycles. The third-order valence-electron chi connectivity index (χ3n) is 4.26. The van der Waals surface area contributed by atoms with E-state index >= 15 is 0 Å². The van der Waals surface area contributed by atoms with Crippen LogP contribution in [0.1, 0.15) is 32.9 Å². The Kier molecular flexibility index (Phi) is 5.81. The molecule has 2 aromatic carbocycles. The van der Waals surface area contributed by atoms with Crippen molar-refractivity contribution in [3.05, 3.63) is 82.9 Å². The molecular formula is C21H19F3N4O. The second-order valence-electron chi connectivity index (χ2n) is 6.55. The number of carbonyl (C=O) groups is 1. The van der Waals surface area contributed by atoms with E-state index in [9.17, 15) is 18.0 Å². The van der Waals surface area contributed by atoms with Gasteiger partial charge in [-0.05, 0) is 49.7 Å². The number of halogens is 3. The molecule has 0 atom stereocenters. The fraction of sp³-hybridized carbons (Fsp3) is 0.190. The van der Waals surface area contributed by atoms with Gasteiger partial charge in [0, 0.05) is 41.4 Å². The predicted molar refractivity (Wildman–Crippen MR) is 105 cm³/mol. The van der Waals surface area contributed by atoms with E-state index in [2.05, 4.69) is 20.6 Å². The topological polar surface area (TPSA) is 66.9 Å². The summed E-state index contributed by atoms with van der Waals surface area (Å²) in [5, 5.41) is 5.74. The molecule has 0 bridgehead atoms. The maximum atomic E-state index is 12.8. The highest BCUT2D eigenvalue weighted by molar-refractivity contribution is 6.05. The van der Waals surface area contributed by atoms with E-state index in [-0.39, 0.29) is 5.69 Å². The lowest BCUT2D eigenvalue weighted by Gasteiger charge is -2.13. The van der Waals surface area contributed by atoms with E-state index in [1.807, 2.05) is 6.92 Å². The van der Waals surface area contributed by atoms with Crippen LogP contribution >= 0.6 is 0 Å². The molecule has 0 radical (unpaired) electrons. The van der Waals surface area contributed by atoms with Gasteiger partial charge in [-0.1, -0.05) is 12.1 Å². The van der Waals surface area contributed by atoms with Gasteiger partial charge in [0.15, 0.2) is 0 Å². The van der Waals surface area contributed by atoms with Crippen LogP contribution in [0.4, 0.5) is 24.5 Å². The summed E-state index contributed by atoms with van der Waals surface area (Å²) >= 11 is 0. The summed E-state index contributed by atoms with van der Waals surface area (Å²) in [6.07, 6.45) is -1.04. The van der Waals surface area contributed by atoms with E-state index in [0.717, 1.165) is 28.9 Å². The van der Waals surface area contributed by atoms with E-state index in [1.165, 1.54) is 12.1 Å². The summed E-state index contributed by atoms with van der Waals surface area (Å²) in [7, 11) is 0. The minimum absolute atomic E-state index is 0.0803. The number of carbonyl (C=O) groups excluding carboxylic acids is 1. The molecule has 0 unspecified atom stereocenters. The first-order valence-electron chi connectivity index (χ1n) is 8.83. The molecule has 2 N–H and O–H groups in total. The average molecular weight is 400 g/mol. The third kappa shape index (κ3) is 5.31. The van der Waals surface area contributed by atoms with Crippen LogP contribution in [-0.2, 0) is 12.7 Å². The van der Waals surface area contributed by atoms with Gasteiger partial charge in [0.1, 0.15) is 5.82 Å². The smallest absolute Gasteiger partial charge is 0.381 e. The Balaban J connectivity index is 1.73. The highest BCUT2D eigenvalue weighted by atomic mass is 19.4. The molecule has 0 aliphatic rings. The van der Waals surface area contributed by atoms with Gasteiger partial charge in [0.25, 0.3) is 5.91 Å². The van der Waals surface area contributed by atoms with E-state index in [0.29, 0.717) is 17.9 Å². The number of anilines is 2. The Bertz CT molecular complexity index is 1020. The molecule has 29 heavy (non-hydrogen) atoms. The van der Waals surface area contributed by atoms with E-state index < -0.39 is 17.6 Å². The summed E-state index contributed by atoms with van der Waals surface area (Å²) in [4.78, 5) is 20.8. The second kappa shape index (κ2) is 8.30. The first-order chi connectivity index (χ1) is 13.7. The number of amides is 1. The maximum Gasteiger partial charge on any atom is 0.416 e. The van der Waals surface area contributed by atoms with Crippen molar-refractivity contribution in [3.63, 3.8) is 0 Å². The molecule has 1 heterocycles. The van der Waals surface area contributed by atoms with Crippen LogP contribution in [0.5, 0.6) is 0 Å². The molecule has 0 fully saturated rings. The van der Waals surface area contributed by atoms with Gasteiger partial charge in [0.2, 0.25) is 0 Å². The van der Waals surface area contributed by atoms with Crippen molar-refractivity contribution < 1.29 is 18.0 Å². The van der Waals surface area contributed by atoms with Gasteiger partial charge in [0.05, 0.1) is 5.56 Å². The molecule has 1 aromatic heterocycles. The van der Waals surface area contributed by atoms with Crippen molar-refractivity contribution in [1.82, 2.24) is 9.97 Å². The molecule has 0 spiro atoms. The van der Waals surface area contributed by atoms with Crippen LogP contribution in [0.15, 0.2) is 54.9 Å². The van der Waals surface area contributed by atoms with Crippen molar-refractivity contribution >= 4 is 17.3 Å². The monoisotopic (exact) mass is 400 g/mol. The Hall–Kier alpha value is -3.42. The standard InChI is InChI=1S/C21H19F3N4O/c1-13-6-7-16(8-19(13)27-12-15-10-25-14(2)26-11-15)20(29)28-18-5-3-4-17(9-18)21(22,23)24/h3-11,27H,12H2,1-2H3,(H,28,29). The van der Waals surface area contributed by atoms with Crippen LogP contribution in [0.25, 0.3) is 0 Å². The summed E-state index contributed by atoms with van der Waals surface area (Å²) in [5.41, 5.74) is 2.14. The summed E-state index contributed by atoms with van der Waals surface area (Å²) in [6.45, 7) is 4.16. The summed E-state index contributed by atoms with van der Waals surface area (Å²) in [6, 6.07) is 9.59. The Morgan fingerprint density at radius 2 is 1.76 bits per heavy atom. The molecule has 0 aliphatic heterocycles. The largest absolute Gasteiger partial charge is 0.416 e. The lowest BCUT2D eigenvalue weighted by atomic mass is 10.1. The first kappa shape index (κ1) is 20.3. The highest BCUT2D eigenvalue weighted by Crippen LogP contribution is 2.30. The first-order valence-corrected chi connectivity index (χ1v) is 8.83. The molecule has 8 heteroatoms. The summed E-state index contributed by atoms with van der Waals surface area (Å²) < 4.78 is 38.5. The van der Waals surface area contributed by atoms with Crippen LogP contribution in [0.2, 0.25) is 0 Å². The number of aromatic nitrogens is 2. The molecule has 5 nitrogen and oxygen atoms in total. The van der Waals surface area contributed by atoms with Gasteiger partial charge in [-0.2, -0.15) is 13.2 Å². The van der Waals surface area contributed by atoms with Crippen molar-refractivity contribution in [3.8, 4) is 0 Å². The zero-order valence-electron chi connectivity index (χ0n) is 15.8. The average Bonchev–Trinajstić information content (AvgIpc) is 2.68. The van der Waals surface area contributed by atoms with Crippen molar-refractivity contribution in [2.24, 2.45) is 0 Å². The highest BCUT2D eigenvalue weighted by Gasteiger charge is 2.30. The predicted octanol–water partition coefficient (Wildman–Crippen LogP) is 4.98. The zero-order chi connectivity index (χ0) is 21.0. The van der Waals surface area contributed by atoms with Gasteiger partial charge in [-0.3, -0.25) is 4.79 Å². The normalized spacial score (nSPS) is 11.2. The number of nitrogens with one attached hydrogen (secondary N) is 2. The molecule has 3 aromatic rings. The van der Waals surface area contributed by atoms with Gasteiger partial charge < -0.3 is 10.6 Å². The molecule has 0 saturated heterocycles. The Labute approximate surface area is 166 Å². The number of nitrogens with zero attached hydrogens (tertiary/aromatic N) is 2. The lowest BCUT2D eigenvalue weighted by molar-refractivity contribution is -0.137. The zero-order valence-corrected chi connectivity index (χ0v) is 15.8. The van der Waals surface area contributed by atoms with Crippen LogP contribution < -0.4 is 10.6 Å². The quantitative estimate of drug-likeness (QED) is 0.634. The number of benzene rings is 2. The molecule has 1 amide bonds. The van der Waals surface area contributed by atoms with Crippen molar-refractivity contribution in [2.75, 3.05) is 10.6 Å². The molecule has 150 valence electrons. The minimum Gasteiger partial charge on any atom is -0.381 e. The van der Waals surface area contributed by atoms with Crippen LogP contribution in [-0.4, -0.2) is 15.9 Å². The van der Waals surface area contributed by atoms with Gasteiger partial charge in [-0.15, -0.1) is 0 Å². The number of alkyl halides is 3.